The number of rotatable bonds is 3. The minimum atomic E-state index is -0.356. The monoisotopic (exact) mass is 466 g/mol. The Morgan fingerprint density at radius 1 is 0.812 bits per heavy atom. The van der Waals surface area contributed by atoms with Crippen molar-refractivity contribution in [2.45, 2.75) is 8.82 Å². The van der Waals surface area contributed by atoms with Crippen LogP contribution in [0.25, 0.3) is 0 Å². The van der Waals surface area contributed by atoms with Gasteiger partial charge in [0.1, 0.15) is 0 Å². The molecule has 0 bridgehead atoms. The van der Waals surface area contributed by atoms with Crippen LogP contribution in [0.4, 0.5) is 0 Å². The lowest BCUT2D eigenvalue weighted by Crippen LogP contribution is -1.88. The predicted molar refractivity (Wildman–Crippen MR) is 80.1 cm³/mol. The summed E-state index contributed by atoms with van der Waals surface area (Å²) in [5, 5.41) is 0.810. The fourth-order valence-corrected chi connectivity index (χ4v) is 3.16. The molecule has 0 atom stereocenters. The molecule has 90 valence electrons. The third kappa shape index (κ3) is 3.72. The molecule has 1 rings (SSSR count). The largest absolute Gasteiger partial charge is 0.284 e. The van der Waals surface area contributed by atoms with Gasteiger partial charge in [-0.1, -0.05) is 58.0 Å². The van der Waals surface area contributed by atoms with Crippen molar-refractivity contribution in [3.8, 4) is 0 Å². The molecule has 9 heteroatoms. The Balaban J connectivity index is 3.18. The third-order valence-corrected chi connectivity index (χ3v) is 5.61. The molecule has 16 heavy (non-hydrogen) atoms. The molecule has 0 saturated heterocycles. The SMILES string of the molecule is Clc1c(Cl)c(Cl)c(SOC(Br)Br)c(Cl)c1Cl. The first-order valence-electron chi connectivity index (χ1n) is 3.49. The first-order valence-corrected chi connectivity index (χ1v) is 7.95. The Kier molecular flexibility index (Phi) is 6.92. The molecule has 1 aromatic carbocycles. The fraction of sp³-hybridized carbons (Fsp3) is 0.143. The molecule has 0 saturated carbocycles. The lowest BCUT2D eigenvalue weighted by Gasteiger charge is -2.11. The van der Waals surface area contributed by atoms with E-state index in [0.29, 0.717) is 4.90 Å². The molecule has 1 nitrogen and oxygen atoms in total. The Bertz CT molecular complexity index is 385. The topological polar surface area (TPSA) is 9.23 Å². The van der Waals surface area contributed by atoms with Crippen LogP contribution in [0.15, 0.2) is 4.90 Å². The quantitative estimate of drug-likeness (QED) is 0.203. The van der Waals surface area contributed by atoms with Gasteiger partial charge in [0, 0.05) is 12.0 Å². The van der Waals surface area contributed by atoms with Gasteiger partial charge in [-0.25, -0.2) is 0 Å². The summed E-state index contributed by atoms with van der Waals surface area (Å²) in [4.78, 5) is 0.409. The summed E-state index contributed by atoms with van der Waals surface area (Å²) in [5.74, 6) is 0. The second-order valence-corrected chi connectivity index (χ2v) is 7.89. The molecule has 1 aromatic rings. The maximum absolute atomic E-state index is 5.97. The number of hydrogen-bond acceptors (Lipinski definition) is 2. The van der Waals surface area contributed by atoms with E-state index in [1.54, 1.807) is 0 Å². The van der Waals surface area contributed by atoms with E-state index in [9.17, 15) is 0 Å². The van der Waals surface area contributed by atoms with Gasteiger partial charge in [-0.05, 0) is 31.9 Å². The van der Waals surface area contributed by atoms with Crippen LogP contribution in [0.5, 0.6) is 0 Å². The third-order valence-electron chi connectivity index (χ3n) is 1.37. The Morgan fingerprint density at radius 2 is 1.19 bits per heavy atom. The summed E-state index contributed by atoms with van der Waals surface area (Å²) in [6.07, 6.45) is 0. The molecule has 0 aliphatic rings. The molecule has 0 amide bonds. The lowest BCUT2D eigenvalue weighted by atomic mass is 10.3. The van der Waals surface area contributed by atoms with Gasteiger partial charge in [-0.15, -0.1) is 0 Å². The van der Waals surface area contributed by atoms with Crippen LogP contribution in [-0.4, -0.2) is 3.92 Å². The summed E-state index contributed by atoms with van der Waals surface area (Å²) in [7, 11) is 0. The zero-order valence-corrected chi connectivity index (χ0v) is 14.8. The van der Waals surface area contributed by atoms with Gasteiger partial charge in [0.2, 0.25) is 0 Å². The smallest absolute Gasteiger partial charge is 0.181 e. The Labute approximate surface area is 138 Å². The number of halogens is 7. The average molecular weight is 470 g/mol. The van der Waals surface area contributed by atoms with Gasteiger partial charge >= 0.3 is 0 Å². The maximum atomic E-state index is 5.97. The lowest BCUT2D eigenvalue weighted by molar-refractivity contribution is 0.445. The second kappa shape index (κ2) is 6.92. The van der Waals surface area contributed by atoms with E-state index in [-0.39, 0.29) is 29.0 Å². The van der Waals surface area contributed by atoms with Gasteiger partial charge in [0.25, 0.3) is 0 Å². The first-order chi connectivity index (χ1) is 7.36. The summed E-state index contributed by atoms with van der Waals surface area (Å²) in [5.41, 5.74) is 0. The highest BCUT2D eigenvalue weighted by Gasteiger charge is 2.20. The highest BCUT2D eigenvalue weighted by Crippen LogP contribution is 2.48. The number of alkyl halides is 2. The van der Waals surface area contributed by atoms with Crippen molar-refractivity contribution in [2.75, 3.05) is 0 Å². The van der Waals surface area contributed by atoms with E-state index >= 15 is 0 Å². The van der Waals surface area contributed by atoms with E-state index in [0.717, 1.165) is 12.0 Å². The molecule has 0 N–H and O–H groups in total. The van der Waals surface area contributed by atoms with Crippen LogP contribution in [0.1, 0.15) is 0 Å². The van der Waals surface area contributed by atoms with Gasteiger partial charge in [0.05, 0.1) is 30.0 Å². The van der Waals surface area contributed by atoms with Crippen LogP contribution in [0.2, 0.25) is 25.1 Å². The van der Waals surface area contributed by atoms with Gasteiger partial charge in [-0.3, -0.25) is 4.18 Å². The summed E-state index contributed by atoms with van der Waals surface area (Å²) >= 11 is 36.7. The summed E-state index contributed by atoms with van der Waals surface area (Å²) in [6.45, 7) is 0. The standard InChI is InChI=1S/C7HBr2Cl5OS/c8-7(9)15-16-6-4(13)2(11)1(10)3(12)5(6)14/h7H. The molecule has 0 radical (unpaired) electrons. The molecule has 0 fully saturated rings. The van der Waals surface area contributed by atoms with E-state index in [2.05, 4.69) is 31.9 Å². The minimum absolute atomic E-state index is 0.122. The van der Waals surface area contributed by atoms with Crippen LogP contribution in [0.3, 0.4) is 0 Å². The first kappa shape index (κ1) is 16.0. The molecule has 0 heterocycles. The molecular weight excluding hydrogens is 469 g/mol. The fourth-order valence-electron chi connectivity index (χ4n) is 0.742. The van der Waals surface area contributed by atoms with Crippen molar-refractivity contribution < 1.29 is 4.18 Å². The zero-order valence-electron chi connectivity index (χ0n) is 7.04. The molecule has 0 spiro atoms. The van der Waals surface area contributed by atoms with Crippen molar-refractivity contribution in [3.63, 3.8) is 0 Å². The normalized spacial score (nSPS) is 11.2. The van der Waals surface area contributed by atoms with Crippen molar-refractivity contribution in [3.05, 3.63) is 25.1 Å². The van der Waals surface area contributed by atoms with Gasteiger partial charge < -0.3 is 0 Å². The number of hydrogen-bond donors (Lipinski definition) is 0. The summed E-state index contributed by atoms with van der Waals surface area (Å²) < 4.78 is 4.80. The molecule has 0 unspecified atom stereocenters. The minimum Gasteiger partial charge on any atom is -0.284 e. The van der Waals surface area contributed by atoms with Crippen molar-refractivity contribution in [2.24, 2.45) is 0 Å². The van der Waals surface area contributed by atoms with Crippen LogP contribution >= 0.6 is 102 Å². The average Bonchev–Trinajstić information content (AvgIpc) is 2.23. The van der Waals surface area contributed by atoms with E-state index in [1.165, 1.54) is 0 Å². The Hall–Kier alpha value is 1.94. The van der Waals surface area contributed by atoms with E-state index in [1.807, 2.05) is 0 Å². The summed E-state index contributed by atoms with van der Waals surface area (Å²) in [6, 6.07) is 0. The molecule has 0 aliphatic heterocycles. The van der Waals surface area contributed by atoms with Crippen molar-refractivity contribution in [1.29, 1.82) is 0 Å². The highest BCUT2D eigenvalue weighted by molar-refractivity contribution is 9.24. The second-order valence-electron chi connectivity index (χ2n) is 2.34. The van der Waals surface area contributed by atoms with E-state index in [4.69, 9.17) is 62.2 Å². The predicted octanol–water partition coefficient (Wildman–Crippen LogP) is 7.05. The molecular formula is C7HBr2Cl5OS. The van der Waals surface area contributed by atoms with Gasteiger partial charge in [-0.2, -0.15) is 0 Å². The Morgan fingerprint density at radius 3 is 1.56 bits per heavy atom. The van der Waals surface area contributed by atoms with Crippen LogP contribution in [-0.2, 0) is 4.18 Å². The maximum Gasteiger partial charge on any atom is 0.181 e. The van der Waals surface area contributed by atoms with Crippen LogP contribution < -0.4 is 0 Å². The molecule has 0 aliphatic carbocycles. The van der Waals surface area contributed by atoms with Crippen molar-refractivity contribution in [1.82, 2.24) is 0 Å². The molecule has 0 aromatic heterocycles. The highest BCUT2D eigenvalue weighted by atomic mass is 79.9. The zero-order chi connectivity index (χ0) is 12.5. The number of benzene rings is 1. The van der Waals surface area contributed by atoms with Gasteiger partial charge in [0.15, 0.2) is 3.92 Å². The van der Waals surface area contributed by atoms with Crippen molar-refractivity contribution >= 4 is 102 Å². The van der Waals surface area contributed by atoms with Crippen LogP contribution in [0, 0.1) is 0 Å². The van der Waals surface area contributed by atoms with E-state index < -0.39 is 0 Å².